The summed E-state index contributed by atoms with van der Waals surface area (Å²) in [7, 11) is 1.59. The molecule has 2 rings (SSSR count). The lowest BCUT2D eigenvalue weighted by Crippen LogP contribution is -2.27. The third-order valence-electron chi connectivity index (χ3n) is 3.39. The van der Waals surface area contributed by atoms with Crippen LogP contribution in [0.2, 0.25) is 0 Å². The van der Waals surface area contributed by atoms with Crippen LogP contribution in [0.3, 0.4) is 0 Å². The number of benzene rings is 1. The molecule has 1 aliphatic heterocycles. The largest absolute Gasteiger partial charge is 0.495 e. The maximum atomic E-state index is 11.9. The van der Waals surface area contributed by atoms with Crippen molar-refractivity contribution in [3.63, 3.8) is 0 Å². The Morgan fingerprint density at radius 2 is 2.14 bits per heavy atom. The van der Waals surface area contributed by atoms with Crippen molar-refractivity contribution in [2.75, 3.05) is 25.5 Å². The van der Waals surface area contributed by atoms with E-state index in [1.807, 2.05) is 32.9 Å². The van der Waals surface area contributed by atoms with Gasteiger partial charge in [0.1, 0.15) is 11.4 Å². The van der Waals surface area contributed by atoms with Crippen LogP contribution in [0.4, 0.5) is 10.5 Å². The zero-order chi connectivity index (χ0) is 15.5. The molecular formula is C16H24N2O3. The Balaban J connectivity index is 2.15. The van der Waals surface area contributed by atoms with E-state index in [0.717, 1.165) is 19.5 Å². The lowest BCUT2D eigenvalue weighted by molar-refractivity contribution is 0.0635. The van der Waals surface area contributed by atoms with Crippen LogP contribution in [0.5, 0.6) is 5.75 Å². The summed E-state index contributed by atoms with van der Waals surface area (Å²) in [4.78, 5) is 11.9. The molecule has 0 bridgehead atoms. The second kappa shape index (κ2) is 6.35. The van der Waals surface area contributed by atoms with Crippen LogP contribution in [0.25, 0.3) is 0 Å². The molecule has 1 amide bonds. The summed E-state index contributed by atoms with van der Waals surface area (Å²) in [6.07, 6.45) is 0.639. The van der Waals surface area contributed by atoms with Crippen LogP contribution in [0.1, 0.15) is 38.7 Å². The van der Waals surface area contributed by atoms with Crippen molar-refractivity contribution in [1.29, 1.82) is 0 Å². The summed E-state index contributed by atoms with van der Waals surface area (Å²) in [6, 6.07) is 5.91. The van der Waals surface area contributed by atoms with Crippen molar-refractivity contribution in [3.05, 3.63) is 23.8 Å². The maximum Gasteiger partial charge on any atom is 0.412 e. The standard InChI is InChI=1S/C16H24N2O3/c1-16(2,3)21-15(19)18-13-9-11(5-6-14(13)20-4)12-7-8-17-10-12/h5-6,9,12,17H,7-8,10H2,1-4H3,(H,18,19). The van der Waals surface area contributed by atoms with Gasteiger partial charge < -0.3 is 14.8 Å². The summed E-state index contributed by atoms with van der Waals surface area (Å²) in [6.45, 7) is 7.52. The summed E-state index contributed by atoms with van der Waals surface area (Å²) >= 11 is 0. The number of hydrogen-bond donors (Lipinski definition) is 2. The van der Waals surface area contributed by atoms with Gasteiger partial charge >= 0.3 is 6.09 Å². The highest BCUT2D eigenvalue weighted by atomic mass is 16.6. The Kier molecular flexibility index (Phi) is 4.73. The minimum absolute atomic E-state index is 0.470. The molecule has 0 aliphatic carbocycles. The van der Waals surface area contributed by atoms with Crippen molar-refractivity contribution in [2.45, 2.75) is 38.7 Å². The van der Waals surface area contributed by atoms with Crippen molar-refractivity contribution in [3.8, 4) is 5.75 Å². The molecule has 5 heteroatoms. The van der Waals surface area contributed by atoms with E-state index in [1.165, 1.54) is 5.56 Å². The van der Waals surface area contributed by atoms with Gasteiger partial charge in [0.25, 0.3) is 0 Å². The number of carbonyl (C=O) groups excluding carboxylic acids is 1. The fourth-order valence-corrected chi connectivity index (χ4v) is 2.43. The van der Waals surface area contributed by atoms with E-state index >= 15 is 0 Å². The molecule has 1 aliphatic rings. The molecule has 1 aromatic rings. The SMILES string of the molecule is COc1ccc(C2CCNC2)cc1NC(=O)OC(C)(C)C. The first-order valence-corrected chi connectivity index (χ1v) is 7.28. The van der Waals surface area contributed by atoms with Crippen molar-refractivity contribution < 1.29 is 14.3 Å². The van der Waals surface area contributed by atoms with Crippen LogP contribution in [0, 0.1) is 0 Å². The van der Waals surface area contributed by atoms with E-state index in [4.69, 9.17) is 9.47 Å². The minimum atomic E-state index is -0.524. The van der Waals surface area contributed by atoms with E-state index in [-0.39, 0.29) is 0 Å². The number of anilines is 1. The van der Waals surface area contributed by atoms with Gasteiger partial charge in [-0.15, -0.1) is 0 Å². The summed E-state index contributed by atoms with van der Waals surface area (Å²) in [5.74, 6) is 1.12. The Morgan fingerprint density at radius 3 is 2.71 bits per heavy atom. The quantitative estimate of drug-likeness (QED) is 0.898. The van der Waals surface area contributed by atoms with Gasteiger partial charge in [-0.05, 0) is 57.4 Å². The zero-order valence-electron chi connectivity index (χ0n) is 13.2. The molecule has 116 valence electrons. The number of amides is 1. The van der Waals surface area contributed by atoms with E-state index in [0.29, 0.717) is 17.4 Å². The molecule has 0 radical (unpaired) electrons. The molecule has 0 spiro atoms. The molecule has 0 saturated carbocycles. The van der Waals surface area contributed by atoms with E-state index in [2.05, 4.69) is 16.7 Å². The molecule has 1 atom stereocenters. The molecule has 2 N–H and O–H groups in total. The fourth-order valence-electron chi connectivity index (χ4n) is 2.43. The average Bonchev–Trinajstić information content (AvgIpc) is 2.90. The van der Waals surface area contributed by atoms with Gasteiger partial charge in [0, 0.05) is 6.54 Å². The second-order valence-corrected chi connectivity index (χ2v) is 6.28. The molecule has 5 nitrogen and oxygen atoms in total. The number of hydrogen-bond acceptors (Lipinski definition) is 4. The minimum Gasteiger partial charge on any atom is -0.495 e. The van der Waals surface area contributed by atoms with Crippen LogP contribution < -0.4 is 15.4 Å². The predicted octanol–water partition coefficient (Wildman–Crippen LogP) is 3.12. The highest BCUT2D eigenvalue weighted by Gasteiger charge is 2.20. The Bertz CT molecular complexity index is 503. The van der Waals surface area contributed by atoms with Gasteiger partial charge in [-0.25, -0.2) is 4.79 Å². The Hall–Kier alpha value is -1.75. The lowest BCUT2D eigenvalue weighted by atomic mass is 9.98. The summed E-state index contributed by atoms with van der Waals surface area (Å²) in [5.41, 5.74) is 1.33. The zero-order valence-corrected chi connectivity index (χ0v) is 13.2. The van der Waals surface area contributed by atoms with Gasteiger partial charge in [-0.2, -0.15) is 0 Å². The first kappa shape index (κ1) is 15.6. The number of methoxy groups -OCH3 is 1. The normalized spacial score (nSPS) is 18.4. The molecule has 1 fully saturated rings. The number of rotatable bonds is 3. The molecule has 1 saturated heterocycles. The number of nitrogens with one attached hydrogen (secondary N) is 2. The molecule has 21 heavy (non-hydrogen) atoms. The highest BCUT2D eigenvalue weighted by molar-refractivity contribution is 5.87. The molecule has 0 aromatic heterocycles. The third kappa shape index (κ3) is 4.36. The Labute approximate surface area is 126 Å². The molecule has 1 aromatic carbocycles. The lowest BCUT2D eigenvalue weighted by Gasteiger charge is -2.21. The van der Waals surface area contributed by atoms with Crippen LogP contribution in [-0.4, -0.2) is 31.9 Å². The van der Waals surface area contributed by atoms with Gasteiger partial charge in [0.2, 0.25) is 0 Å². The first-order valence-electron chi connectivity index (χ1n) is 7.28. The third-order valence-corrected chi connectivity index (χ3v) is 3.39. The summed E-state index contributed by atoms with van der Waals surface area (Å²) < 4.78 is 10.6. The molecule has 1 unspecified atom stereocenters. The topological polar surface area (TPSA) is 59.6 Å². The van der Waals surface area contributed by atoms with Crippen molar-refractivity contribution in [1.82, 2.24) is 5.32 Å². The first-order chi connectivity index (χ1) is 9.89. The van der Waals surface area contributed by atoms with E-state index in [9.17, 15) is 4.79 Å². The predicted molar refractivity (Wildman–Crippen MR) is 83.1 cm³/mol. The monoisotopic (exact) mass is 292 g/mol. The van der Waals surface area contributed by atoms with Crippen molar-refractivity contribution >= 4 is 11.8 Å². The highest BCUT2D eigenvalue weighted by Crippen LogP contribution is 2.31. The van der Waals surface area contributed by atoms with E-state index < -0.39 is 11.7 Å². The molecular weight excluding hydrogens is 268 g/mol. The fraction of sp³-hybridized carbons (Fsp3) is 0.562. The van der Waals surface area contributed by atoms with Crippen LogP contribution in [0.15, 0.2) is 18.2 Å². The van der Waals surface area contributed by atoms with Gasteiger partial charge in [-0.1, -0.05) is 6.07 Å². The van der Waals surface area contributed by atoms with Gasteiger partial charge in [0.05, 0.1) is 12.8 Å². The van der Waals surface area contributed by atoms with Crippen molar-refractivity contribution in [2.24, 2.45) is 0 Å². The average molecular weight is 292 g/mol. The van der Waals surface area contributed by atoms with E-state index in [1.54, 1.807) is 7.11 Å². The van der Waals surface area contributed by atoms with Gasteiger partial charge in [-0.3, -0.25) is 5.32 Å². The smallest absolute Gasteiger partial charge is 0.412 e. The number of carbonyl (C=O) groups is 1. The second-order valence-electron chi connectivity index (χ2n) is 6.28. The molecule has 1 heterocycles. The van der Waals surface area contributed by atoms with Gasteiger partial charge in [0.15, 0.2) is 0 Å². The number of ether oxygens (including phenoxy) is 2. The summed E-state index contributed by atoms with van der Waals surface area (Å²) in [5, 5.41) is 6.12. The van der Waals surface area contributed by atoms with Crippen LogP contribution in [-0.2, 0) is 4.74 Å². The Morgan fingerprint density at radius 1 is 1.38 bits per heavy atom. The van der Waals surface area contributed by atoms with Crippen LogP contribution >= 0.6 is 0 Å². The maximum absolute atomic E-state index is 11.9.